The third kappa shape index (κ3) is 5.34. The summed E-state index contributed by atoms with van der Waals surface area (Å²) in [6.07, 6.45) is -1.40. The van der Waals surface area contributed by atoms with E-state index in [0.717, 1.165) is 5.56 Å². The van der Waals surface area contributed by atoms with Gasteiger partial charge in [0.1, 0.15) is 5.82 Å². The van der Waals surface area contributed by atoms with Crippen molar-refractivity contribution in [2.75, 3.05) is 26.2 Å². The molecule has 0 bridgehead atoms. The van der Waals surface area contributed by atoms with Crippen LogP contribution in [0.25, 0.3) is 10.9 Å². The molecule has 0 spiro atoms. The molecule has 1 saturated heterocycles. The van der Waals surface area contributed by atoms with Crippen LogP contribution >= 0.6 is 12.4 Å². The highest BCUT2D eigenvalue weighted by Gasteiger charge is 2.38. The molecule has 170 valence electrons. The zero-order valence-corrected chi connectivity index (χ0v) is 17.8. The second-order valence-corrected chi connectivity index (χ2v) is 7.50. The maximum Gasteiger partial charge on any atom is 0.434 e. The largest absolute Gasteiger partial charge is 0.434 e. The lowest BCUT2D eigenvalue weighted by atomic mass is 10.1. The van der Waals surface area contributed by atoms with Crippen LogP contribution in [0.2, 0.25) is 0 Å². The quantitative estimate of drug-likeness (QED) is 0.529. The molecule has 0 aliphatic carbocycles. The first-order valence-electron chi connectivity index (χ1n) is 9.89. The normalized spacial score (nSPS) is 15.3. The summed E-state index contributed by atoms with van der Waals surface area (Å²) in [4.78, 5) is 24.2. The Hall–Kier alpha value is -2.78. The summed E-state index contributed by atoms with van der Waals surface area (Å²) in [6, 6.07) is 8.89. The number of amides is 1. The van der Waals surface area contributed by atoms with Crippen LogP contribution in [0.3, 0.4) is 0 Å². The Kier molecular flexibility index (Phi) is 7.30. The molecular formula is C22H21ClF4N4O. The van der Waals surface area contributed by atoms with Gasteiger partial charge in [-0.25, -0.2) is 9.37 Å². The molecule has 0 radical (unpaired) electrons. The van der Waals surface area contributed by atoms with Crippen molar-refractivity contribution in [2.24, 2.45) is 0 Å². The first kappa shape index (κ1) is 23.9. The molecule has 3 heterocycles. The molecule has 1 aromatic carbocycles. The summed E-state index contributed by atoms with van der Waals surface area (Å²) >= 11 is 0. The number of rotatable bonds is 3. The van der Waals surface area contributed by atoms with Gasteiger partial charge in [0.05, 0.1) is 11.1 Å². The summed E-state index contributed by atoms with van der Waals surface area (Å²) in [5.74, 6) is -1.01. The fraction of sp³-hybridized carbons (Fsp3) is 0.318. The summed E-state index contributed by atoms with van der Waals surface area (Å²) in [7, 11) is 0. The Morgan fingerprint density at radius 2 is 1.88 bits per heavy atom. The van der Waals surface area contributed by atoms with Crippen LogP contribution in [-0.4, -0.2) is 51.9 Å². The van der Waals surface area contributed by atoms with Gasteiger partial charge in [0, 0.05) is 50.5 Å². The molecule has 5 nitrogen and oxygen atoms in total. The predicted molar refractivity (Wildman–Crippen MR) is 114 cm³/mol. The van der Waals surface area contributed by atoms with E-state index in [1.807, 2.05) is 6.07 Å². The fourth-order valence-corrected chi connectivity index (χ4v) is 3.79. The fourth-order valence-electron chi connectivity index (χ4n) is 3.79. The average molecular weight is 469 g/mol. The number of hydrogen-bond donors (Lipinski definition) is 0. The van der Waals surface area contributed by atoms with Gasteiger partial charge in [0.2, 0.25) is 0 Å². The number of halogens is 5. The Bertz CT molecular complexity index is 1110. The summed E-state index contributed by atoms with van der Waals surface area (Å²) < 4.78 is 54.3. The van der Waals surface area contributed by atoms with Crippen molar-refractivity contribution in [3.05, 3.63) is 71.4 Å². The van der Waals surface area contributed by atoms with E-state index in [1.54, 1.807) is 6.07 Å². The number of aromatic nitrogens is 2. The van der Waals surface area contributed by atoms with Crippen LogP contribution < -0.4 is 0 Å². The Morgan fingerprint density at radius 1 is 1.06 bits per heavy atom. The Labute approximate surface area is 188 Å². The molecule has 2 aromatic heterocycles. The summed E-state index contributed by atoms with van der Waals surface area (Å²) in [5, 5.41) is 0.376. The minimum Gasteiger partial charge on any atom is -0.337 e. The van der Waals surface area contributed by atoms with E-state index in [-0.39, 0.29) is 30.3 Å². The lowest BCUT2D eigenvalue weighted by Crippen LogP contribution is -2.36. The first-order valence-corrected chi connectivity index (χ1v) is 9.89. The van der Waals surface area contributed by atoms with Crippen molar-refractivity contribution >= 4 is 29.2 Å². The first-order chi connectivity index (χ1) is 14.8. The maximum absolute atomic E-state index is 13.6. The molecule has 4 rings (SSSR count). The van der Waals surface area contributed by atoms with Crippen molar-refractivity contribution in [3.8, 4) is 0 Å². The van der Waals surface area contributed by atoms with E-state index in [1.165, 1.54) is 41.6 Å². The number of benzene rings is 1. The van der Waals surface area contributed by atoms with Crippen molar-refractivity contribution in [1.82, 2.24) is 19.8 Å². The lowest BCUT2D eigenvalue weighted by molar-refractivity contribution is -0.141. The predicted octanol–water partition coefficient (Wildman–Crippen LogP) is 4.56. The van der Waals surface area contributed by atoms with Crippen molar-refractivity contribution in [2.45, 2.75) is 19.1 Å². The minimum absolute atomic E-state index is 0. The van der Waals surface area contributed by atoms with Gasteiger partial charge < -0.3 is 4.90 Å². The van der Waals surface area contributed by atoms with Gasteiger partial charge in [-0.1, -0.05) is 12.1 Å². The second-order valence-electron chi connectivity index (χ2n) is 7.50. The van der Waals surface area contributed by atoms with Gasteiger partial charge in [-0.05, 0) is 36.2 Å². The van der Waals surface area contributed by atoms with E-state index in [0.29, 0.717) is 38.0 Å². The monoisotopic (exact) mass is 468 g/mol. The van der Waals surface area contributed by atoms with Gasteiger partial charge in [0.15, 0.2) is 5.69 Å². The van der Waals surface area contributed by atoms with Crippen LogP contribution in [0.1, 0.15) is 28.0 Å². The Morgan fingerprint density at radius 3 is 2.62 bits per heavy atom. The van der Waals surface area contributed by atoms with Crippen LogP contribution in [0.4, 0.5) is 17.6 Å². The van der Waals surface area contributed by atoms with Gasteiger partial charge in [-0.2, -0.15) is 13.2 Å². The number of carbonyl (C=O) groups is 1. The molecule has 0 saturated carbocycles. The minimum atomic E-state index is -4.75. The zero-order chi connectivity index (χ0) is 22.0. The molecule has 0 atom stereocenters. The third-order valence-corrected chi connectivity index (χ3v) is 5.28. The lowest BCUT2D eigenvalue weighted by Gasteiger charge is -2.23. The molecular weight excluding hydrogens is 448 g/mol. The van der Waals surface area contributed by atoms with E-state index in [2.05, 4.69) is 14.9 Å². The highest BCUT2D eigenvalue weighted by molar-refractivity contribution is 5.98. The second kappa shape index (κ2) is 9.79. The topological polar surface area (TPSA) is 49.3 Å². The van der Waals surface area contributed by atoms with Crippen molar-refractivity contribution in [1.29, 1.82) is 0 Å². The molecule has 0 N–H and O–H groups in total. The summed E-state index contributed by atoms with van der Waals surface area (Å²) in [5.41, 5.74) is -0.704. The molecule has 32 heavy (non-hydrogen) atoms. The zero-order valence-electron chi connectivity index (χ0n) is 17.0. The van der Waals surface area contributed by atoms with Crippen molar-refractivity contribution in [3.63, 3.8) is 0 Å². The van der Waals surface area contributed by atoms with E-state index < -0.39 is 23.3 Å². The molecule has 0 unspecified atom stereocenters. The van der Waals surface area contributed by atoms with Crippen LogP contribution in [0, 0.1) is 5.82 Å². The highest BCUT2D eigenvalue weighted by Crippen LogP contribution is 2.33. The van der Waals surface area contributed by atoms with Gasteiger partial charge in [0.25, 0.3) is 5.91 Å². The number of nitrogens with zero attached hydrogens (tertiary/aromatic N) is 4. The summed E-state index contributed by atoms with van der Waals surface area (Å²) in [6.45, 7) is 2.26. The standard InChI is InChI=1S/C22H20F4N4O.ClH/c23-17-4-1-3-15(11-17)14-29-7-2-8-30(10-9-29)21(31)18-12-16-13-27-6-5-19(16)28-20(18)22(24,25)26;/h1,3-6,11-13H,2,7-10,14H2;1H. The number of alkyl halides is 3. The third-order valence-electron chi connectivity index (χ3n) is 5.28. The molecule has 1 aliphatic rings. The smallest absolute Gasteiger partial charge is 0.337 e. The number of pyridine rings is 2. The molecule has 1 amide bonds. The van der Waals surface area contributed by atoms with E-state index in [9.17, 15) is 22.4 Å². The van der Waals surface area contributed by atoms with E-state index in [4.69, 9.17) is 0 Å². The van der Waals surface area contributed by atoms with Crippen LogP contribution in [-0.2, 0) is 12.7 Å². The van der Waals surface area contributed by atoms with E-state index >= 15 is 0 Å². The van der Waals surface area contributed by atoms with Crippen LogP contribution in [0.15, 0.2) is 48.8 Å². The van der Waals surface area contributed by atoms with Gasteiger partial charge in [-0.15, -0.1) is 12.4 Å². The average Bonchev–Trinajstić information content (AvgIpc) is 2.97. The molecule has 1 fully saturated rings. The molecule has 1 aliphatic heterocycles. The molecule has 10 heteroatoms. The number of fused-ring (bicyclic) bond motifs is 1. The van der Waals surface area contributed by atoms with Gasteiger partial charge in [-0.3, -0.25) is 14.7 Å². The molecule has 3 aromatic rings. The number of carbonyl (C=O) groups excluding carboxylic acids is 1. The SMILES string of the molecule is Cl.O=C(c1cc2cnccc2nc1C(F)(F)F)N1CCCN(Cc2cccc(F)c2)CC1. The maximum atomic E-state index is 13.6. The van der Waals surface area contributed by atoms with Gasteiger partial charge >= 0.3 is 6.18 Å². The number of hydrogen-bond acceptors (Lipinski definition) is 4. The Balaban J connectivity index is 0.00000289. The van der Waals surface area contributed by atoms with Crippen LogP contribution in [0.5, 0.6) is 0 Å². The van der Waals surface area contributed by atoms with Crippen molar-refractivity contribution < 1.29 is 22.4 Å². The highest BCUT2D eigenvalue weighted by atomic mass is 35.5.